The second kappa shape index (κ2) is 8.97. The average Bonchev–Trinajstić information content (AvgIpc) is 3.06. The first kappa shape index (κ1) is 20.0. The number of carbonyl (C=O) groups is 2. The zero-order valence-electron chi connectivity index (χ0n) is 16.4. The molecule has 0 aliphatic carbocycles. The monoisotopic (exact) mass is 392 g/mol. The first-order chi connectivity index (χ1) is 13.0. The van der Waals surface area contributed by atoms with Gasteiger partial charge in [-0.05, 0) is 6.07 Å². The lowest BCUT2D eigenvalue weighted by Crippen LogP contribution is -3.15. The highest BCUT2D eigenvalue weighted by Crippen LogP contribution is 2.41. The van der Waals surface area contributed by atoms with Gasteiger partial charge in [0.1, 0.15) is 11.1 Å². The molecule has 27 heavy (non-hydrogen) atoms. The number of quaternary nitrogens is 1. The third-order valence-electron chi connectivity index (χ3n) is 5.36. The SMILES string of the molecule is COc1ccccc1[C@H]1SCC(=O)N1CC[NH+]1CCN(C(=O)C(C)C)CC1. The maximum Gasteiger partial charge on any atom is 0.234 e. The van der Waals surface area contributed by atoms with Gasteiger partial charge in [-0.1, -0.05) is 32.0 Å². The van der Waals surface area contributed by atoms with Gasteiger partial charge in [0.15, 0.2) is 0 Å². The van der Waals surface area contributed by atoms with Crippen LogP contribution in [0.25, 0.3) is 0 Å². The van der Waals surface area contributed by atoms with E-state index in [1.54, 1.807) is 18.9 Å². The largest absolute Gasteiger partial charge is 0.496 e. The van der Waals surface area contributed by atoms with Gasteiger partial charge in [0, 0.05) is 11.5 Å². The first-order valence-corrected chi connectivity index (χ1v) is 10.7. The van der Waals surface area contributed by atoms with Gasteiger partial charge in [-0.3, -0.25) is 9.59 Å². The fraction of sp³-hybridized carbons (Fsp3) is 0.600. The number of nitrogens with zero attached hydrogens (tertiary/aromatic N) is 2. The van der Waals surface area contributed by atoms with Crippen molar-refractivity contribution in [1.29, 1.82) is 0 Å². The third-order valence-corrected chi connectivity index (χ3v) is 6.59. The molecule has 0 spiro atoms. The topological polar surface area (TPSA) is 54.3 Å². The quantitative estimate of drug-likeness (QED) is 0.773. The van der Waals surface area contributed by atoms with E-state index in [0.29, 0.717) is 5.75 Å². The molecule has 0 bridgehead atoms. The summed E-state index contributed by atoms with van der Waals surface area (Å²) in [6.45, 7) is 9.09. The molecule has 0 saturated carbocycles. The number of hydrogen-bond donors (Lipinski definition) is 1. The molecule has 0 aromatic heterocycles. The highest BCUT2D eigenvalue weighted by molar-refractivity contribution is 8.00. The Hall–Kier alpha value is -1.73. The molecule has 1 aromatic rings. The van der Waals surface area contributed by atoms with Crippen LogP contribution in [0.5, 0.6) is 5.75 Å². The molecule has 7 heteroatoms. The summed E-state index contributed by atoms with van der Waals surface area (Å²) in [4.78, 5) is 30.0. The molecular weight excluding hydrogens is 362 g/mol. The molecule has 2 aliphatic heterocycles. The molecule has 2 amide bonds. The summed E-state index contributed by atoms with van der Waals surface area (Å²) in [5.41, 5.74) is 1.07. The van der Waals surface area contributed by atoms with Gasteiger partial charge in [0.2, 0.25) is 11.8 Å². The number of carbonyl (C=O) groups excluding carboxylic acids is 2. The van der Waals surface area contributed by atoms with Gasteiger partial charge in [-0.15, -0.1) is 11.8 Å². The number of para-hydroxylation sites is 1. The van der Waals surface area contributed by atoms with Crippen LogP contribution < -0.4 is 9.64 Å². The molecule has 1 aromatic carbocycles. The number of rotatable bonds is 6. The van der Waals surface area contributed by atoms with Crippen molar-refractivity contribution in [3.63, 3.8) is 0 Å². The van der Waals surface area contributed by atoms with E-state index in [2.05, 4.69) is 0 Å². The van der Waals surface area contributed by atoms with Crippen LogP contribution in [0.3, 0.4) is 0 Å². The molecule has 3 rings (SSSR count). The zero-order chi connectivity index (χ0) is 19.4. The van der Waals surface area contributed by atoms with E-state index in [4.69, 9.17) is 4.74 Å². The van der Waals surface area contributed by atoms with E-state index in [-0.39, 0.29) is 23.1 Å². The van der Waals surface area contributed by atoms with Gasteiger partial charge in [0.25, 0.3) is 0 Å². The standard InChI is InChI=1S/C20H29N3O3S/c1-15(2)19(25)22-11-8-21(9-12-22)10-13-23-18(24)14-27-20(23)16-6-4-5-7-17(16)26-3/h4-7,15,20H,8-14H2,1-3H3/p+1/t20-/m1/s1. The minimum Gasteiger partial charge on any atom is -0.496 e. The van der Waals surface area contributed by atoms with Crippen molar-refractivity contribution in [2.45, 2.75) is 19.2 Å². The number of benzene rings is 1. The normalized spacial score (nSPS) is 21.2. The molecule has 6 nitrogen and oxygen atoms in total. The third kappa shape index (κ3) is 4.58. The van der Waals surface area contributed by atoms with E-state index in [1.165, 1.54) is 4.90 Å². The van der Waals surface area contributed by atoms with Crippen LogP contribution in [0.15, 0.2) is 24.3 Å². The molecule has 148 valence electrons. The van der Waals surface area contributed by atoms with E-state index in [9.17, 15) is 9.59 Å². The summed E-state index contributed by atoms with van der Waals surface area (Å²) in [6.07, 6.45) is 0. The van der Waals surface area contributed by atoms with E-state index >= 15 is 0 Å². The van der Waals surface area contributed by atoms with Crippen LogP contribution in [-0.4, -0.2) is 73.7 Å². The Balaban J connectivity index is 1.57. The van der Waals surface area contributed by atoms with Gasteiger partial charge >= 0.3 is 0 Å². The number of ether oxygens (including phenoxy) is 1. The smallest absolute Gasteiger partial charge is 0.234 e. The number of thioether (sulfide) groups is 1. The van der Waals surface area contributed by atoms with Gasteiger partial charge in [-0.25, -0.2) is 0 Å². The predicted octanol–water partition coefficient (Wildman–Crippen LogP) is 0.652. The number of nitrogens with one attached hydrogen (secondary N) is 1. The van der Waals surface area contributed by atoms with Crippen molar-refractivity contribution in [3.8, 4) is 5.75 Å². The van der Waals surface area contributed by atoms with Crippen LogP contribution in [0, 0.1) is 5.92 Å². The molecule has 1 atom stereocenters. The number of methoxy groups -OCH3 is 1. The van der Waals surface area contributed by atoms with E-state index in [0.717, 1.165) is 50.6 Å². The summed E-state index contributed by atoms with van der Waals surface area (Å²) >= 11 is 1.67. The van der Waals surface area contributed by atoms with Crippen LogP contribution in [0.2, 0.25) is 0 Å². The fourth-order valence-electron chi connectivity index (χ4n) is 3.76. The Kier molecular flexibility index (Phi) is 6.65. The molecule has 1 N–H and O–H groups in total. The Labute approximate surface area is 165 Å². The fourth-order valence-corrected chi connectivity index (χ4v) is 5.00. The Morgan fingerprint density at radius 1 is 1.30 bits per heavy atom. The van der Waals surface area contributed by atoms with Gasteiger partial charge in [0.05, 0.1) is 52.1 Å². The number of hydrogen-bond acceptors (Lipinski definition) is 4. The lowest BCUT2D eigenvalue weighted by atomic mass is 10.1. The Morgan fingerprint density at radius 3 is 2.67 bits per heavy atom. The maximum absolute atomic E-state index is 12.4. The van der Waals surface area contributed by atoms with Crippen molar-refractivity contribution in [2.24, 2.45) is 5.92 Å². The first-order valence-electron chi connectivity index (χ1n) is 9.67. The van der Waals surface area contributed by atoms with E-state index < -0.39 is 0 Å². The van der Waals surface area contributed by atoms with E-state index in [1.807, 2.05) is 47.9 Å². The van der Waals surface area contributed by atoms with Crippen molar-refractivity contribution in [2.75, 3.05) is 52.1 Å². The predicted molar refractivity (Wildman–Crippen MR) is 107 cm³/mol. The molecule has 2 aliphatic rings. The Bertz CT molecular complexity index is 674. The number of amides is 2. The summed E-state index contributed by atoms with van der Waals surface area (Å²) in [5, 5.41) is 0.0249. The second-order valence-electron chi connectivity index (χ2n) is 7.47. The van der Waals surface area contributed by atoms with Crippen LogP contribution in [0.1, 0.15) is 24.8 Å². The molecule has 2 saturated heterocycles. The highest BCUT2D eigenvalue weighted by atomic mass is 32.2. The van der Waals surface area contributed by atoms with Crippen LogP contribution in [-0.2, 0) is 9.59 Å². The van der Waals surface area contributed by atoms with Crippen molar-refractivity contribution in [3.05, 3.63) is 29.8 Å². The summed E-state index contributed by atoms with van der Waals surface area (Å²) in [5.74, 6) is 1.87. The number of piperazine rings is 1. The maximum atomic E-state index is 12.4. The molecule has 2 heterocycles. The zero-order valence-corrected chi connectivity index (χ0v) is 17.3. The average molecular weight is 393 g/mol. The summed E-state index contributed by atoms with van der Waals surface area (Å²) < 4.78 is 5.50. The minimum absolute atomic E-state index is 0.0249. The lowest BCUT2D eigenvalue weighted by Gasteiger charge is -2.34. The van der Waals surface area contributed by atoms with Crippen LogP contribution in [0.4, 0.5) is 0 Å². The molecular formula is C20H30N3O3S+. The molecule has 2 fully saturated rings. The van der Waals surface area contributed by atoms with Crippen LogP contribution >= 0.6 is 11.8 Å². The lowest BCUT2D eigenvalue weighted by molar-refractivity contribution is -0.903. The minimum atomic E-state index is 0.0249. The van der Waals surface area contributed by atoms with Gasteiger partial charge < -0.3 is 19.4 Å². The van der Waals surface area contributed by atoms with Crippen molar-refractivity contribution >= 4 is 23.6 Å². The molecule has 0 radical (unpaired) electrons. The van der Waals surface area contributed by atoms with Crippen molar-refractivity contribution in [1.82, 2.24) is 9.80 Å². The Morgan fingerprint density at radius 2 is 2.00 bits per heavy atom. The molecule has 0 unspecified atom stereocenters. The highest BCUT2D eigenvalue weighted by Gasteiger charge is 2.35. The summed E-state index contributed by atoms with van der Waals surface area (Å²) in [7, 11) is 1.67. The van der Waals surface area contributed by atoms with Gasteiger partial charge in [-0.2, -0.15) is 0 Å². The summed E-state index contributed by atoms with van der Waals surface area (Å²) in [6, 6.07) is 7.95. The van der Waals surface area contributed by atoms with Crippen molar-refractivity contribution < 1.29 is 19.2 Å². The second-order valence-corrected chi connectivity index (χ2v) is 8.54.